The van der Waals surface area contributed by atoms with Gasteiger partial charge in [0.25, 0.3) is 7.82 Å². The Balaban J connectivity index is 4.13. The first-order valence-corrected chi connectivity index (χ1v) is 32.8. The van der Waals surface area contributed by atoms with Crippen LogP contribution >= 0.6 is 7.82 Å². The number of allylic oxidation sites excluding steroid dienone is 14. The summed E-state index contributed by atoms with van der Waals surface area (Å²) in [5.41, 5.74) is 0. The molecule has 0 aliphatic rings. The first kappa shape index (κ1) is 73.2. The molecule has 0 bridgehead atoms. The van der Waals surface area contributed by atoms with Crippen LogP contribution in [-0.4, -0.2) is 70.0 Å². The Labute approximate surface area is 469 Å². The minimum atomic E-state index is -4.64. The van der Waals surface area contributed by atoms with E-state index in [0.29, 0.717) is 17.4 Å². The van der Waals surface area contributed by atoms with Crippen molar-refractivity contribution in [3.8, 4) is 0 Å². The molecule has 10 heteroatoms. The minimum absolute atomic E-state index is 0.0342. The van der Waals surface area contributed by atoms with E-state index in [9.17, 15) is 19.0 Å². The van der Waals surface area contributed by atoms with E-state index >= 15 is 0 Å². The predicted octanol–water partition coefficient (Wildman–Crippen LogP) is 19.2. The molecule has 0 rings (SSSR count). The van der Waals surface area contributed by atoms with Crippen LogP contribution in [0.15, 0.2) is 85.1 Å². The predicted molar refractivity (Wildman–Crippen MR) is 323 cm³/mol. The molecule has 0 spiro atoms. The van der Waals surface area contributed by atoms with Crippen LogP contribution in [0.4, 0.5) is 0 Å². The molecule has 0 aromatic rings. The molecule has 2 unspecified atom stereocenters. The number of likely N-dealkylation sites (N-methyl/N-ethyl adjacent to an activating group) is 1. The highest BCUT2D eigenvalue weighted by Crippen LogP contribution is 2.38. The van der Waals surface area contributed by atoms with E-state index in [-0.39, 0.29) is 32.0 Å². The Morgan fingerprint density at radius 2 is 0.750 bits per heavy atom. The number of ether oxygens (including phenoxy) is 2. The Morgan fingerprint density at radius 3 is 1.12 bits per heavy atom. The van der Waals surface area contributed by atoms with Crippen molar-refractivity contribution in [1.82, 2.24) is 0 Å². The fourth-order valence-corrected chi connectivity index (χ4v) is 9.33. The molecule has 9 nitrogen and oxygen atoms in total. The van der Waals surface area contributed by atoms with Gasteiger partial charge in [-0.2, -0.15) is 0 Å². The van der Waals surface area contributed by atoms with Gasteiger partial charge in [0.2, 0.25) is 0 Å². The van der Waals surface area contributed by atoms with Crippen molar-refractivity contribution in [2.45, 2.75) is 277 Å². The number of hydrogen-bond acceptors (Lipinski definition) is 8. The standard InChI is InChI=1S/C66H118NO8P/c1-6-8-10-12-14-16-18-20-22-24-26-28-30-32-33-35-36-38-40-42-44-46-48-50-52-54-56-58-65(68)72-62-64(63-74-76(70,71)73-61-60-67(3,4)5)75-66(69)59-57-55-53-51-49-47-45-43-41-39-37-34-31-29-27-25-23-21-19-17-15-13-11-9-7-2/h9,11,15,17-18,20-21,23-24,26-27,29-30,32,64H,6-8,10,12-14,16,19,22,25,28,31,33-63H2,1-5H3/b11-9-,17-15-,20-18-,23-21-,26-24-,29-27-,32-30-. The molecule has 0 aromatic heterocycles. The molecule has 0 heterocycles. The Kier molecular flexibility index (Phi) is 54.8. The summed E-state index contributed by atoms with van der Waals surface area (Å²) in [4.78, 5) is 38.0. The average molecular weight is 1080 g/mol. The van der Waals surface area contributed by atoms with Crippen molar-refractivity contribution in [3.63, 3.8) is 0 Å². The van der Waals surface area contributed by atoms with E-state index in [0.717, 1.165) is 77.0 Å². The SMILES string of the molecule is CC/C=C\C/C=C\C/C=C\C/C=C\CCCCCCCCCCCCCCC(=O)OC(COC(=O)CCCCCCCCCCCCCC/C=C\C/C=C\C/C=C\CCCCCCC)COP(=O)([O-])OCC[N+](C)(C)C. The third kappa shape index (κ3) is 60.4. The summed E-state index contributed by atoms with van der Waals surface area (Å²) >= 11 is 0. The smallest absolute Gasteiger partial charge is 0.306 e. The average Bonchev–Trinajstić information content (AvgIpc) is 3.38. The van der Waals surface area contributed by atoms with E-state index in [1.807, 2.05) is 21.1 Å². The topological polar surface area (TPSA) is 111 Å². The number of unbranched alkanes of at least 4 members (excludes halogenated alkanes) is 29. The molecule has 0 fully saturated rings. The first-order valence-electron chi connectivity index (χ1n) is 31.3. The summed E-state index contributed by atoms with van der Waals surface area (Å²) in [6, 6.07) is 0. The Bertz CT molecular complexity index is 1560. The number of esters is 2. The lowest BCUT2D eigenvalue weighted by molar-refractivity contribution is -0.870. The second kappa shape index (κ2) is 56.9. The summed E-state index contributed by atoms with van der Waals surface area (Å²) in [5, 5.41) is 0. The van der Waals surface area contributed by atoms with E-state index in [4.69, 9.17) is 18.5 Å². The highest BCUT2D eigenvalue weighted by Gasteiger charge is 2.22. The number of rotatable bonds is 57. The van der Waals surface area contributed by atoms with Crippen molar-refractivity contribution < 1.29 is 42.1 Å². The summed E-state index contributed by atoms with van der Waals surface area (Å²) in [7, 11) is 1.16. The number of nitrogens with zero attached hydrogens (tertiary/aromatic N) is 1. The summed E-state index contributed by atoms with van der Waals surface area (Å²) in [6.45, 7) is 4.13. The van der Waals surface area contributed by atoms with Crippen molar-refractivity contribution in [2.75, 3.05) is 47.5 Å². The number of hydrogen-bond donors (Lipinski definition) is 0. The van der Waals surface area contributed by atoms with Crippen molar-refractivity contribution in [3.05, 3.63) is 85.1 Å². The molecular formula is C66H118NO8P. The number of carbonyl (C=O) groups excluding carboxylic acids is 2. The van der Waals surface area contributed by atoms with Gasteiger partial charge in [0.1, 0.15) is 19.8 Å². The molecule has 0 N–H and O–H groups in total. The number of phosphoric ester groups is 1. The van der Waals surface area contributed by atoms with Gasteiger partial charge in [-0.1, -0.05) is 253 Å². The van der Waals surface area contributed by atoms with Gasteiger partial charge in [-0.15, -0.1) is 0 Å². The van der Waals surface area contributed by atoms with Gasteiger partial charge in [-0.25, -0.2) is 0 Å². The lowest BCUT2D eigenvalue weighted by Gasteiger charge is -2.28. The zero-order valence-corrected chi connectivity index (χ0v) is 50.8. The van der Waals surface area contributed by atoms with E-state index < -0.39 is 26.5 Å². The van der Waals surface area contributed by atoms with Gasteiger partial charge in [0.15, 0.2) is 6.10 Å². The molecule has 0 aliphatic carbocycles. The van der Waals surface area contributed by atoms with E-state index in [1.165, 1.54) is 161 Å². The third-order valence-electron chi connectivity index (χ3n) is 13.4. The van der Waals surface area contributed by atoms with Gasteiger partial charge in [0, 0.05) is 12.8 Å². The second-order valence-corrected chi connectivity index (χ2v) is 23.4. The third-order valence-corrected chi connectivity index (χ3v) is 14.4. The molecule has 0 amide bonds. The number of phosphoric acid groups is 1. The highest BCUT2D eigenvalue weighted by molar-refractivity contribution is 7.45. The summed E-state index contributed by atoms with van der Waals surface area (Å²) in [6.07, 6.45) is 76.3. The molecule has 0 aromatic carbocycles. The zero-order valence-electron chi connectivity index (χ0n) is 49.9. The van der Waals surface area contributed by atoms with Crippen LogP contribution in [0.2, 0.25) is 0 Å². The van der Waals surface area contributed by atoms with Crippen LogP contribution in [0.5, 0.6) is 0 Å². The van der Waals surface area contributed by atoms with Gasteiger partial charge >= 0.3 is 11.9 Å². The van der Waals surface area contributed by atoms with Crippen LogP contribution in [0.1, 0.15) is 271 Å². The largest absolute Gasteiger partial charge is 0.756 e. The van der Waals surface area contributed by atoms with Crippen molar-refractivity contribution >= 4 is 19.8 Å². The Hall–Kier alpha value is -2.81. The fourth-order valence-electron chi connectivity index (χ4n) is 8.60. The van der Waals surface area contributed by atoms with Gasteiger partial charge in [-0.3, -0.25) is 14.2 Å². The second-order valence-electron chi connectivity index (χ2n) is 22.0. The van der Waals surface area contributed by atoms with Crippen LogP contribution in [0.3, 0.4) is 0 Å². The van der Waals surface area contributed by atoms with Crippen LogP contribution < -0.4 is 4.89 Å². The maximum atomic E-state index is 12.8. The maximum Gasteiger partial charge on any atom is 0.306 e. The zero-order chi connectivity index (χ0) is 55.6. The molecule has 0 saturated carbocycles. The van der Waals surface area contributed by atoms with Gasteiger partial charge in [-0.05, 0) is 89.9 Å². The lowest BCUT2D eigenvalue weighted by Crippen LogP contribution is -2.37. The molecule has 76 heavy (non-hydrogen) atoms. The van der Waals surface area contributed by atoms with Crippen LogP contribution in [0.25, 0.3) is 0 Å². The molecule has 440 valence electrons. The maximum absolute atomic E-state index is 12.8. The normalized spacial score (nSPS) is 13.8. The van der Waals surface area contributed by atoms with Gasteiger partial charge < -0.3 is 27.9 Å². The van der Waals surface area contributed by atoms with Crippen LogP contribution in [-0.2, 0) is 32.7 Å². The highest BCUT2D eigenvalue weighted by atomic mass is 31.2. The monoisotopic (exact) mass is 1080 g/mol. The Morgan fingerprint density at radius 1 is 0.421 bits per heavy atom. The fraction of sp³-hybridized carbons (Fsp3) is 0.758. The molecule has 0 radical (unpaired) electrons. The van der Waals surface area contributed by atoms with Crippen LogP contribution in [0, 0.1) is 0 Å². The molecular weight excluding hydrogens is 966 g/mol. The molecule has 2 atom stereocenters. The summed E-state index contributed by atoms with van der Waals surface area (Å²) in [5.74, 6) is -0.834. The molecule has 0 aliphatic heterocycles. The first-order chi connectivity index (χ1) is 37.0. The summed E-state index contributed by atoms with van der Waals surface area (Å²) < 4.78 is 34.2. The van der Waals surface area contributed by atoms with E-state index in [2.05, 4.69) is 98.9 Å². The molecule has 0 saturated heterocycles. The lowest BCUT2D eigenvalue weighted by atomic mass is 10.0. The van der Waals surface area contributed by atoms with Gasteiger partial charge in [0.05, 0.1) is 27.7 Å². The van der Waals surface area contributed by atoms with Crippen molar-refractivity contribution in [1.29, 1.82) is 0 Å². The minimum Gasteiger partial charge on any atom is -0.756 e. The quantitative estimate of drug-likeness (QED) is 0.0195. The van der Waals surface area contributed by atoms with Crippen molar-refractivity contribution in [2.24, 2.45) is 0 Å². The number of quaternary nitrogens is 1. The number of carbonyl (C=O) groups is 2. The van der Waals surface area contributed by atoms with E-state index in [1.54, 1.807) is 0 Å².